The van der Waals surface area contributed by atoms with Crippen LogP contribution in [-0.2, 0) is 13.1 Å². The van der Waals surface area contributed by atoms with Crippen LogP contribution in [0.4, 0.5) is 0 Å². The summed E-state index contributed by atoms with van der Waals surface area (Å²) in [6.07, 6.45) is 1.84. The van der Waals surface area contributed by atoms with Gasteiger partial charge in [0.05, 0.1) is 12.3 Å². The predicted octanol–water partition coefficient (Wildman–Crippen LogP) is 6.23. The fourth-order valence-corrected chi connectivity index (χ4v) is 4.76. The molecule has 0 fully saturated rings. The van der Waals surface area contributed by atoms with E-state index in [2.05, 4.69) is 38.0 Å². The molecule has 2 aromatic heterocycles. The second-order valence-electron chi connectivity index (χ2n) is 7.78. The highest BCUT2D eigenvalue weighted by Crippen LogP contribution is 2.27. The molecule has 0 amide bonds. The van der Waals surface area contributed by atoms with E-state index in [0.29, 0.717) is 23.3 Å². The van der Waals surface area contributed by atoms with E-state index in [1.165, 1.54) is 11.8 Å². The third kappa shape index (κ3) is 5.13. The third-order valence-electron chi connectivity index (χ3n) is 5.52. The topological polar surface area (TPSA) is 52.7 Å². The predicted molar refractivity (Wildman–Crippen MR) is 135 cm³/mol. The Balaban J connectivity index is 1.61. The number of aryl methyl sites for hydroxylation is 1. The van der Waals surface area contributed by atoms with Crippen LogP contribution in [0.25, 0.3) is 11.4 Å². The number of allylic oxidation sites excluding steroid dienone is 1. The van der Waals surface area contributed by atoms with Gasteiger partial charge in [-0.2, -0.15) is 0 Å². The number of hydrogen-bond acceptors (Lipinski definition) is 4. The van der Waals surface area contributed by atoms with Crippen molar-refractivity contribution in [3.05, 3.63) is 101 Å². The minimum Gasteiger partial charge on any atom is -0.345 e. The summed E-state index contributed by atoms with van der Waals surface area (Å²) in [6.45, 7) is 9.09. The summed E-state index contributed by atoms with van der Waals surface area (Å²) in [6, 6.07) is 19.7. The highest BCUT2D eigenvalue weighted by atomic mass is 35.5. The molecule has 7 heteroatoms. The normalized spacial score (nSPS) is 11.0. The van der Waals surface area contributed by atoms with E-state index >= 15 is 0 Å². The van der Waals surface area contributed by atoms with Gasteiger partial charge in [-0.3, -0.25) is 9.36 Å². The molecule has 0 atom stereocenters. The molecule has 4 rings (SSSR count). The molecule has 0 unspecified atom stereocenters. The fraction of sp³-hybridized carbons (Fsp3) is 0.192. The Morgan fingerprint density at radius 2 is 1.79 bits per heavy atom. The van der Waals surface area contributed by atoms with Crippen LogP contribution >= 0.6 is 23.4 Å². The van der Waals surface area contributed by atoms with Crippen LogP contribution in [0.15, 0.2) is 78.5 Å². The molecule has 0 radical (unpaired) electrons. The fourth-order valence-electron chi connectivity index (χ4n) is 3.82. The molecular formula is C26H25ClN4OS. The van der Waals surface area contributed by atoms with Gasteiger partial charge in [0.25, 0.3) is 0 Å². The number of rotatable bonds is 9. The molecule has 0 aliphatic heterocycles. The standard InChI is InChI=1S/C26H25ClN4OS/c1-4-14-30-18(2)15-23(19(30)3)24(32)17-33-26-29-28-25(21-10-12-22(27)13-11-21)31(26)16-20-8-6-5-7-9-20/h4-13,15H,1,14,16-17H2,2-3H3. The Morgan fingerprint density at radius 3 is 2.48 bits per heavy atom. The zero-order valence-corrected chi connectivity index (χ0v) is 20.2. The molecule has 4 aromatic rings. The summed E-state index contributed by atoms with van der Waals surface area (Å²) >= 11 is 7.48. The largest absolute Gasteiger partial charge is 0.345 e. The van der Waals surface area contributed by atoms with Crippen LogP contribution < -0.4 is 0 Å². The number of ketones is 1. The van der Waals surface area contributed by atoms with Crippen molar-refractivity contribution in [3.63, 3.8) is 0 Å². The van der Waals surface area contributed by atoms with Crippen LogP contribution in [0.1, 0.15) is 27.3 Å². The number of thioether (sulfide) groups is 1. The van der Waals surface area contributed by atoms with Crippen molar-refractivity contribution in [3.8, 4) is 11.4 Å². The first-order valence-electron chi connectivity index (χ1n) is 10.6. The third-order valence-corrected chi connectivity index (χ3v) is 6.74. The van der Waals surface area contributed by atoms with Gasteiger partial charge in [0.2, 0.25) is 0 Å². The molecule has 2 heterocycles. The monoisotopic (exact) mass is 476 g/mol. The number of carbonyl (C=O) groups is 1. The average molecular weight is 477 g/mol. The maximum atomic E-state index is 13.1. The van der Waals surface area contributed by atoms with Gasteiger partial charge in [-0.05, 0) is 49.7 Å². The molecular weight excluding hydrogens is 452 g/mol. The zero-order valence-electron chi connectivity index (χ0n) is 18.7. The average Bonchev–Trinajstić information content (AvgIpc) is 3.34. The minimum absolute atomic E-state index is 0.0747. The molecule has 168 valence electrons. The SMILES string of the molecule is C=CCn1c(C)cc(C(=O)CSc2nnc(-c3ccc(Cl)cc3)n2Cc2ccccc2)c1C. The van der Waals surface area contributed by atoms with Crippen molar-refractivity contribution >= 4 is 29.1 Å². The van der Waals surface area contributed by atoms with Crippen molar-refractivity contribution < 1.29 is 4.79 Å². The van der Waals surface area contributed by atoms with E-state index in [0.717, 1.165) is 33.9 Å². The Morgan fingerprint density at radius 1 is 1.06 bits per heavy atom. The van der Waals surface area contributed by atoms with E-state index in [1.807, 2.05) is 68.5 Å². The number of halogens is 1. The summed E-state index contributed by atoms with van der Waals surface area (Å²) in [5, 5.41) is 10.2. The molecule has 33 heavy (non-hydrogen) atoms. The molecule has 0 saturated heterocycles. The smallest absolute Gasteiger partial charge is 0.192 e. The molecule has 0 spiro atoms. The molecule has 0 saturated carbocycles. The Labute approximate surface area is 203 Å². The van der Waals surface area contributed by atoms with Gasteiger partial charge < -0.3 is 4.57 Å². The van der Waals surface area contributed by atoms with Gasteiger partial charge in [0.1, 0.15) is 0 Å². The minimum atomic E-state index is 0.0747. The Hall–Kier alpha value is -3.09. The van der Waals surface area contributed by atoms with E-state index < -0.39 is 0 Å². The number of carbonyl (C=O) groups excluding carboxylic acids is 1. The van der Waals surface area contributed by atoms with Crippen LogP contribution in [0.3, 0.4) is 0 Å². The highest BCUT2D eigenvalue weighted by molar-refractivity contribution is 7.99. The second kappa shape index (κ2) is 10.2. The van der Waals surface area contributed by atoms with E-state index in [-0.39, 0.29) is 11.5 Å². The number of nitrogens with zero attached hydrogens (tertiary/aromatic N) is 4. The molecule has 2 aromatic carbocycles. The number of hydrogen-bond donors (Lipinski definition) is 0. The molecule has 0 bridgehead atoms. The van der Waals surface area contributed by atoms with Crippen molar-refractivity contribution in [1.29, 1.82) is 0 Å². The van der Waals surface area contributed by atoms with Gasteiger partial charge in [-0.15, -0.1) is 16.8 Å². The highest BCUT2D eigenvalue weighted by Gasteiger charge is 2.19. The maximum absolute atomic E-state index is 13.1. The lowest BCUT2D eigenvalue weighted by atomic mass is 10.2. The van der Waals surface area contributed by atoms with Gasteiger partial charge >= 0.3 is 0 Å². The van der Waals surface area contributed by atoms with E-state index in [4.69, 9.17) is 11.6 Å². The summed E-state index contributed by atoms with van der Waals surface area (Å²) in [5.74, 6) is 1.10. The first-order valence-corrected chi connectivity index (χ1v) is 12.0. The van der Waals surface area contributed by atoms with Crippen LogP contribution in [0, 0.1) is 13.8 Å². The van der Waals surface area contributed by atoms with Crippen molar-refractivity contribution in [2.24, 2.45) is 0 Å². The van der Waals surface area contributed by atoms with Gasteiger partial charge in [-0.25, -0.2) is 0 Å². The zero-order chi connectivity index (χ0) is 23.4. The molecule has 0 aliphatic carbocycles. The summed E-state index contributed by atoms with van der Waals surface area (Å²) in [5.41, 5.74) is 4.82. The molecule has 0 aliphatic rings. The summed E-state index contributed by atoms with van der Waals surface area (Å²) < 4.78 is 4.15. The Bertz CT molecular complexity index is 1280. The number of Topliss-reactive ketones (excluding diaryl/α,β-unsaturated/α-hetero) is 1. The number of benzene rings is 2. The number of aromatic nitrogens is 4. The quantitative estimate of drug-likeness (QED) is 0.163. The first-order chi connectivity index (χ1) is 16.0. The molecule has 0 N–H and O–H groups in total. The Kier molecular flexibility index (Phi) is 7.16. The van der Waals surface area contributed by atoms with Crippen molar-refractivity contribution in [1.82, 2.24) is 19.3 Å². The van der Waals surface area contributed by atoms with Crippen LogP contribution in [-0.4, -0.2) is 30.9 Å². The van der Waals surface area contributed by atoms with E-state index in [1.54, 1.807) is 0 Å². The van der Waals surface area contributed by atoms with Crippen molar-refractivity contribution in [2.45, 2.75) is 32.1 Å². The van der Waals surface area contributed by atoms with Crippen molar-refractivity contribution in [2.75, 3.05) is 5.75 Å². The van der Waals surface area contributed by atoms with Crippen LogP contribution in [0.5, 0.6) is 0 Å². The van der Waals surface area contributed by atoms with E-state index in [9.17, 15) is 4.79 Å². The van der Waals surface area contributed by atoms with Gasteiger partial charge in [-0.1, -0.05) is 59.8 Å². The summed E-state index contributed by atoms with van der Waals surface area (Å²) in [4.78, 5) is 13.1. The first kappa shape index (κ1) is 23.1. The van der Waals surface area contributed by atoms with Crippen LogP contribution in [0.2, 0.25) is 5.02 Å². The lowest BCUT2D eigenvalue weighted by Gasteiger charge is -2.11. The van der Waals surface area contributed by atoms with Gasteiger partial charge in [0, 0.05) is 34.1 Å². The second-order valence-corrected chi connectivity index (χ2v) is 9.16. The maximum Gasteiger partial charge on any atom is 0.192 e. The summed E-state index contributed by atoms with van der Waals surface area (Å²) in [7, 11) is 0. The lowest BCUT2D eigenvalue weighted by molar-refractivity contribution is 0.102. The molecule has 5 nitrogen and oxygen atoms in total. The lowest BCUT2D eigenvalue weighted by Crippen LogP contribution is -2.08. The van der Waals surface area contributed by atoms with Gasteiger partial charge in [0.15, 0.2) is 16.8 Å².